The first kappa shape index (κ1) is 8.42. The summed E-state index contributed by atoms with van der Waals surface area (Å²) >= 11 is 4.67. The highest BCUT2D eigenvalue weighted by molar-refractivity contribution is 7.71. The first-order valence-corrected chi connectivity index (χ1v) is 3.86. The van der Waals surface area contributed by atoms with Gasteiger partial charge >= 0.3 is 0 Å². The van der Waals surface area contributed by atoms with Gasteiger partial charge in [-0.25, -0.2) is 5.10 Å². The van der Waals surface area contributed by atoms with E-state index in [-0.39, 0.29) is 0 Å². The summed E-state index contributed by atoms with van der Waals surface area (Å²) in [5, 5.41) is 6.28. The number of ether oxygens (including phenoxy) is 1. The Morgan fingerprint density at radius 3 is 3.09 bits per heavy atom. The molecule has 1 heterocycles. The summed E-state index contributed by atoms with van der Waals surface area (Å²) in [5.41, 5.74) is 0. The van der Waals surface area contributed by atoms with Crippen molar-refractivity contribution in [2.45, 2.75) is 20.0 Å². The lowest BCUT2D eigenvalue weighted by molar-refractivity contribution is 0.103. The van der Waals surface area contributed by atoms with Crippen molar-refractivity contribution in [2.75, 3.05) is 6.61 Å². The highest BCUT2D eigenvalue weighted by atomic mass is 32.1. The van der Waals surface area contributed by atoms with Crippen molar-refractivity contribution in [3.05, 3.63) is 10.7 Å². The molecule has 0 fully saturated rings. The van der Waals surface area contributed by atoms with Crippen LogP contribution >= 0.6 is 12.2 Å². The number of rotatable bonds is 4. The molecule has 1 N–H and O–H groups in total. The molecule has 1 rings (SSSR count). The molecule has 0 aliphatic heterocycles. The largest absolute Gasteiger partial charge is 0.412 e. The number of nitrogens with zero attached hydrogens (tertiary/aromatic N) is 1. The number of nitrogens with one attached hydrogen (secondary N) is 1. The van der Waals surface area contributed by atoms with Gasteiger partial charge in [0.25, 0.3) is 4.84 Å². The van der Waals surface area contributed by atoms with Gasteiger partial charge in [0.2, 0.25) is 5.89 Å². The number of H-pyrrole nitrogens is 1. The quantitative estimate of drug-likeness (QED) is 0.557. The molecule has 62 valence electrons. The normalized spacial score (nSPS) is 10.3. The predicted molar refractivity (Wildman–Crippen MR) is 41.6 cm³/mol. The lowest BCUT2D eigenvalue weighted by Crippen LogP contribution is -1.93. The van der Waals surface area contributed by atoms with Gasteiger partial charge < -0.3 is 9.15 Å². The minimum atomic E-state index is 0.292. The van der Waals surface area contributed by atoms with Crippen molar-refractivity contribution in [2.24, 2.45) is 0 Å². The van der Waals surface area contributed by atoms with Crippen molar-refractivity contribution < 1.29 is 9.15 Å². The van der Waals surface area contributed by atoms with Crippen molar-refractivity contribution in [3.63, 3.8) is 0 Å². The summed E-state index contributed by atoms with van der Waals surface area (Å²) in [6.07, 6.45) is 0.991. The zero-order valence-electron chi connectivity index (χ0n) is 6.29. The third-order valence-electron chi connectivity index (χ3n) is 1.06. The second-order valence-corrected chi connectivity index (χ2v) is 2.43. The monoisotopic (exact) mass is 174 g/mol. The Morgan fingerprint density at radius 2 is 2.55 bits per heavy atom. The fourth-order valence-electron chi connectivity index (χ4n) is 0.626. The van der Waals surface area contributed by atoms with Crippen molar-refractivity contribution >= 4 is 12.2 Å². The molecule has 0 atom stereocenters. The van der Waals surface area contributed by atoms with E-state index in [1.165, 1.54) is 0 Å². The van der Waals surface area contributed by atoms with E-state index < -0.39 is 0 Å². The molecule has 1 aromatic heterocycles. The summed E-state index contributed by atoms with van der Waals surface area (Å²) < 4.78 is 10.1. The van der Waals surface area contributed by atoms with E-state index in [4.69, 9.17) is 9.15 Å². The highest BCUT2D eigenvalue weighted by Gasteiger charge is 1.97. The average molecular weight is 174 g/mol. The van der Waals surface area contributed by atoms with Crippen LogP contribution in [0.5, 0.6) is 0 Å². The molecule has 0 saturated heterocycles. The van der Waals surface area contributed by atoms with E-state index in [9.17, 15) is 0 Å². The summed E-state index contributed by atoms with van der Waals surface area (Å²) in [4.78, 5) is 0.292. The van der Waals surface area contributed by atoms with Crippen LogP contribution < -0.4 is 0 Å². The van der Waals surface area contributed by atoms with Crippen LogP contribution in [-0.2, 0) is 11.3 Å². The number of hydrogen-bond donors (Lipinski definition) is 1. The van der Waals surface area contributed by atoms with Crippen molar-refractivity contribution in [1.82, 2.24) is 10.2 Å². The van der Waals surface area contributed by atoms with Crippen LogP contribution in [0.2, 0.25) is 0 Å². The van der Waals surface area contributed by atoms with Crippen LogP contribution in [0.3, 0.4) is 0 Å². The lowest BCUT2D eigenvalue weighted by Gasteiger charge is -1.95. The van der Waals surface area contributed by atoms with Gasteiger partial charge in [-0.2, -0.15) is 0 Å². The second-order valence-electron chi connectivity index (χ2n) is 2.06. The molecule has 0 aliphatic carbocycles. The van der Waals surface area contributed by atoms with Crippen LogP contribution in [0.15, 0.2) is 4.42 Å². The van der Waals surface area contributed by atoms with Gasteiger partial charge in [-0.05, 0) is 18.6 Å². The lowest BCUT2D eigenvalue weighted by atomic mass is 10.5. The van der Waals surface area contributed by atoms with Crippen LogP contribution in [0, 0.1) is 4.84 Å². The van der Waals surface area contributed by atoms with Crippen molar-refractivity contribution in [3.8, 4) is 0 Å². The predicted octanol–water partition coefficient (Wildman–Crippen LogP) is 1.66. The molecule has 4 nitrogen and oxygen atoms in total. The van der Waals surface area contributed by atoms with Crippen LogP contribution in [0.25, 0.3) is 0 Å². The number of aromatic nitrogens is 2. The van der Waals surface area contributed by atoms with Gasteiger partial charge in [0, 0.05) is 6.61 Å². The fraction of sp³-hybridized carbons (Fsp3) is 0.667. The minimum Gasteiger partial charge on any atom is -0.412 e. The van der Waals surface area contributed by atoms with Gasteiger partial charge in [0.1, 0.15) is 6.61 Å². The SMILES string of the molecule is CCCOCc1n[nH]c(=S)o1. The van der Waals surface area contributed by atoms with Gasteiger partial charge in [-0.1, -0.05) is 6.92 Å². The molecule has 5 heteroatoms. The maximum Gasteiger partial charge on any atom is 0.284 e. The maximum absolute atomic E-state index is 5.16. The van der Waals surface area contributed by atoms with Crippen LogP contribution in [-0.4, -0.2) is 16.8 Å². The number of hydrogen-bond acceptors (Lipinski definition) is 4. The molecule has 0 amide bonds. The molecule has 1 aromatic rings. The molecular weight excluding hydrogens is 164 g/mol. The van der Waals surface area contributed by atoms with E-state index in [1.807, 2.05) is 6.92 Å². The molecular formula is C6H10N2O2S. The molecule has 0 bridgehead atoms. The zero-order chi connectivity index (χ0) is 8.10. The summed E-state index contributed by atoms with van der Waals surface area (Å²) in [5.74, 6) is 0.503. The van der Waals surface area contributed by atoms with Gasteiger partial charge in [0.05, 0.1) is 0 Å². The third-order valence-corrected chi connectivity index (χ3v) is 1.23. The average Bonchev–Trinajstić information content (AvgIpc) is 2.37. The van der Waals surface area contributed by atoms with Gasteiger partial charge in [-0.3, -0.25) is 0 Å². The third kappa shape index (κ3) is 2.81. The molecule has 0 unspecified atom stereocenters. The Balaban J connectivity index is 2.33. The summed E-state index contributed by atoms with van der Waals surface area (Å²) in [6, 6.07) is 0. The maximum atomic E-state index is 5.16. The smallest absolute Gasteiger partial charge is 0.284 e. The Labute approximate surface area is 69.6 Å². The van der Waals surface area contributed by atoms with E-state index in [1.54, 1.807) is 0 Å². The Kier molecular flexibility index (Phi) is 3.25. The van der Waals surface area contributed by atoms with E-state index in [0.29, 0.717) is 17.3 Å². The van der Waals surface area contributed by atoms with E-state index >= 15 is 0 Å². The standard InChI is InChI=1S/C6H10N2O2S/c1-2-3-9-4-5-7-8-6(11)10-5/h2-4H2,1H3,(H,8,11). The Bertz CT molecular complexity index is 255. The second kappa shape index (κ2) is 4.25. The van der Waals surface area contributed by atoms with Crippen LogP contribution in [0.1, 0.15) is 19.2 Å². The molecule has 0 saturated carbocycles. The number of aromatic amines is 1. The van der Waals surface area contributed by atoms with Gasteiger partial charge in [0.15, 0.2) is 0 Å². The Hall–Kier alpha value is -0.680. The molecule has 0 radical (unpaired) electrons. The van der Waals surface area contributed by atoms with Crippen molar-refractivity contribution in [1.29, 1.82) is 0 Å². The molecule has 0 spiro atoms. The highest BCUT2D eigenvalue weighted by Crippen LogP contribution is 1.96. The van der Waals surface area contributed by atoms with Gasteiger partial charge in [-0.15, -0.1) is 5.10 Å². The first-order valence-electron chi connectivity index (χ1n) is 3.45. The molecule has 0 aromatic carbocycles. The zero-order valence-corrected chi connectivity index (χ0v) is 7.11. The summed E-state index contributed by atoms with van der Waals surface area (Å²) in [6.45, 7) is 3.15. The fourth-order valence-corrected chi connectivity index (χ4v) is 0.768. The first-order chi connectivity index (χ1) is 5.33. The minimum absolute atomic E-state index is 0.292. The van der Waals surface area contributed by atoms with E-state index in [0.717, 1.165) is 13.0 Å². The molecule has 0 aliphatic rings. The summed E-state index contributed by atoms with van der Waals surface area (Å²) in [7, 11) is 0. The van der Waals surface area contributed by atoms with Crippen LogP contribution in [0.4, 0.5) is 0 Å². The molecule has 11 heavy (non-hydrogen) atoms. The Morgan fingerprint density at radius 1 is 1.73 bits per heavy atom. The van der Waals surface area contributed by atoms with E-state index in [2.05, 4.69) is 22.4 Å². The topological polar surface area (TPSA) is 51.0 Å².